The number of benzene rings is 2. The van der Waals surface area contributed by atoms with Crippen LogP contribution in [0.5, 0.6) is 11.5 Å². The molecule has 0 saturated carbocycles. The van der Waals surface area contributed by atoms with Crippen LogP contribution in [-0.4, -0.2) is 92.9 Å². The Kier molecular flexibility index (Phi) is 13.0. The number of carbonyl (C=O) groups excluding carboxylic acids is 1. The number of carbonyl (C=O) groups is 1. The molecule has 1 aliphatic rings. The highest BCUT2D eigenvalue weighted by Gasteiger charge is 2.30. The summed E-state index contributed by atoms with van der Waals surface area (Å²) in [6.45, 7) is 7.82. The first-order chi connectivity index (χ1) is 22.5. The van der Waals surface area contributed by atoms with E-state index in [1.807, 2.05) is 26.1 Å². The molecule has 4 atom stereocenters. The number of methoxy groups -OCH3 is 1. The van der Waals surface area contributed by atoms with E-state index in [0.29, 0.717) is 31.2 Å². The maximum absolute atomic E-state index is 14.4. The van der Waals surface area contributed by atoms with E-state index >= 15 is 0 Å². The summed E-state index contributed by atoms with van der Waals surface area (Å²) in [7, 11) is -0.408. The minimum atomic E-state index is -3.96. The maximum Gasteiger partial charge on any atom is 0.261 e. The van der Waals surface area contributed by atoms with Crippen LogP contribution in [0.15, 0.2) is 71.9 Å². The van der Waals surface area contributed by atoms with Gasteiger partial charge in [-0.1, -0.05) is 6.92 Å². The molecule has 1 amide bonds. The highest BCUT2D eigenvalue weighted by molar-refractivity contribution is 7.92. The highest BCUT2D eigenvalue weighted by Crippen LogP contribution is 2.30. The third kappa shape index (κ3) is 10.1. The molecule has 256 valence electrons. The number of aliphatic hydroxyl groups excluding tert-OH is 1. The summed E-state index contributed by atoms with van der Waals surface area (Å²) >= 11 is 0. The lowest BCUT2D eigenvalue weighted by Crippen LogP contribution is -2.47. The van der Waals surface area contributed by atoms with Crippen molar-refractivity contribution in [1.29, 1.82) is 0 Å². The number of fused-ring (bicyclic) bond motifs is 1. The van der Waals surface area contributed by atoms with Gasteiger partial charge in [-0.25, -0.2) is 8.42 Å². The molecule has 0 aliphatic carbocycles. The second kappa shape index (κ2) is 16.9. The lowest BCUT2D eigenvalue weighted by Gasteiger charge is -2.36. The number of sulfonamides is 1. The highest BCUT2D eigenvalue weighted by atomic mass is 32.2. The van der Waals surface area contributed by atoms with Crippen LogP contribution in [0, 0.1) is 5.92 Å². The Labute approximate surface area is 278 Å². The lowest BCUT2D eigenvalue weighted by atomic mass is 10.0. The van der Waals surface area contributed by atoms with Gasteiger partial charge in [0.1, 0.15) is 11.5 Å². The van der Waals surface area contributed by atoms with E-state index in [4.69, 9.17) is 14.2 Å². The van der Waals surface area contributed by atoms with Crippen LogP contribution in [0.25, 0.3) is 0 Å². The summed E-state index contributed by atoms with van der Waals surface area (Å²) in [6.07, 6.45) is 5.68. The van der Waals surface area contributed by atoms with E-state index in [9.17, 15) is 18.3 Å². The molecule has 0 radical (unpaired) electrons. The van der Waals surface area contributed by atoms with Gasteiger partial charge in [-0.2, -0.15) is 0 Å². The van der Waals surface area contributed by atoms with Crippen molar-refractivity contribution in [3.63, 3.8) is 0 Å². The number of hydrogen-bond donors (Lipinski definition) is 2. The van der Waals surface area contributed by atoms with E-state index < -0.39 is 16.1 Å². The van der Waals surface area contributed by atoms with Crippen LogP contribution in [0.3, 0.4) is 0 Å². The molecule has 4 rings (SSSR count). The molecule has 2 N–H and O–H groups in total. The van der Waals surface area contributed by atoms with Crippen LogP contribution >= 0.6 is 0 Å². The van der Waals surface area contributed by atoms with E-state index in [2.05, 4.69) is 21.5 Å². The molecule has 12 heteroatoms. The number of anilines is 1. The zero-order chi connectivity index (χ0) is 34.0. The van der Waals surface area contributed by atoms with Gasteiger partial charge in [0.15, 0.2) is 0 Å². The number of pyridine rings is 1. The van der Waals surface area contributed by atoms with Crippen molar-refractivity contribution >= 4 is 21.6 Å². The van der Waals surface area contributed by atoms with Crippen molar-refractivity contribution in [3.05, 3.63) is 78.1 Å². The monoisotopic (exact) mass is 668 g/mol. The Morgan fingerprint density at radius 3 is 2.51 bits per heavy atom. The third-order valence-electron chi connectivity index (χ3n) is 8.37. The summed E-state index contributed by atoms with van der Waals surface area (Å²) in [5.74, 6) is 0.440. The first-order valence-corrected chi connectivity index (χ1v) is 17.6. The van der Waals surface area contributed by atoms with Gasteiger partial charge in [0.2, 0.25) is 0 Å². The van der Waals surface area contributed by atoms with Crippen LogP contribution in [-0.2, 0) is 21.3 Å². The Morgan fingerprint density at radius 2 is 1.83 bits per heavy atom. The van der Waals surface area contributed by atoms with E-state index in [1.54, 1.807) is 48.5 Å². The number of aliphatic hydroxyl groups is 1. The standard InChI is InChI=1S/C35H48N4O7S/c1-25-21-39(26(2)24-40)35(41)32-20-29(37-47(42,43)31-12-10-30(44-5)11-13-31)9-14-33(32)46-27(3)8-6-7-19-45-34(25)23-38(4)22-28-15-17-36-18-16-28/h9-18,20,25-27,34,37,40H,6-8,19,21-24H2,1-5H3/t25-,26-,27+,34+/m1/s1. The molecule has 2 heterocycles. The average Bonchev–Trinajstić information content (AvgIpc) is 3.06. The van der Waals surface area contributed by atoms with Gasteiger partial charge in [-0.05, 0) is 100 Å². The number of rotatable bonds is 10. The van der Waals surface area contributed by atoms with Crippen molar-refractivity contribution in [2.24, 2.45) is 5.92 Å². The molecule has 47 heavy (non-hydrogen) atoms. The minimum absolute atomic E-state index is 0.0545. The first-order valence-electron chi connectivity index (χ1n) is 16.1. The summed E-state index contributed by atoms with van der Waals surface area (Å²) in [4.78, 5) is 22.4. The number of amides is 1. The zero-order valence-corrected chi connectivity index (χ0v) is 28.8. The molecule has 2 aromatic carbocycles. The van der Waals surface area contributed by atoms with Crippen LogP contribution in [0.4, 0.5) is 5.69 Å². The van der Waals surface area contributed by atoms with Crippen LogP contribution in [0.1, 0.15) is 56.0 Å². The van der Waals surface area contributed by atoms with Crippen LogP contribution < -0.4 is 14.2 Å². The predicted octanol–water partition coefficient (Wildman–Crippen LogP) is 4.82. The first kappa shape index (κ1) is 36.1. The molecule has 3 aromatic rings. The van der Waals surface area contributed by atoms with Gasteiger partial charge in [-0.15, -0.1) is 0 Å². The summed E-state index contributed by atoms with van der Waals surface area (Å²) in [6, 6.07) is 14.2. The molecule has 0 bridgehead atoms. The Balaban J connectivity index is 1.64. The van der Waals surface area contributed by atoms with Crippen molar-refractivity contribution in [3.8, 4) is 11.5 Å². The minimum Gasteiger partial charge on any atom is -0.497 e. The van der Waals surface area contributed by atoms with Gasteiger partial charge in [0, 0.05) is 50.2 Å². The van der Waals surface area contributed by atoms with Gasteiger partial charge in [0.05, 0.1) is 42.4 Å². The van der Waals surface area contributed by atoms with Crippen molar-refractivity contribution in [2.45, 2.75) is 69.7 Å². The fourth-order valence-electron chi connectivity index (χ4n) is 5.59. The second-order valence-electron chi connectivity index (χ2n) is 12.3. The van der Waals surface area contributed by atoms with Gasteiger partial charge < -0.3 is 24.2 Å². The Morgan fingerprint density at radius 1 is 1.11 bits per heavy atom. The maximum atomic E-state index is 14.4. The number of nitrogens with zero attached hydrogens (tertiary/aromatic N) is 3. The summed E-state index contributed by atoms with van der Waals surface area (Å²) < 4.78 is 47.0. The fourth-order valence-corrected chi connectivity index (χ4v) is 6.64. The number of hydrogen-bond acceptors (Lipinski definition) is 9. The zero-order valence-electron chi connectivity index (χ0n) is 28.0. The van der Waals surface area contributed by atoms with E-state index in [1.165, 1.54) is 25.3 Å². The van der Waals surface area contributed by atoms with Crippen molar-refractivity contribution < 1.29 is 32.5 Å². The molecule has 1 aromatic heterocycles. The normalized spacial score (nSPS) is 20.5. The molecular formula is C35H48N4O7S. The fraction of sp³-hybridized carbons (Fsp3) is 0.486. The molecule has 0 spiro atoms. The lowest BCUT2D eigenvalue weighted by molar-refractivity contribution is -0.0177. The van der Waals surface area contributed by atoms with E-state index in [0.717, 1.165) is 31.4 Å². The average molecular weight is 669 g/mol. The molecular weight excluding hydrogens is 620 g/mol. The summed E-state index contributed by atoms with van der Waals surface area (Å²) in [5.41, 5.74) is 1.57. The molecule has 1 aliphatic heterocycles. The van der Waals surface area contributed by atoms with Crippen molar-refractivity contribution in [2.75, 3.05) is 45.2 Å². The summed E-state index contributed by atoms with van der Waals surface area (Å²) in [5, 5.41) is 10.2. The van der Waals surface area contributed by atoms with Crippen molar-refractivity contribution in [1.82, 2.24) is 14.8 Å². The van der Waals surface area contributed by atoms with Gasteiger partial charge in [0.25, 0.3) is 15.9 Å². The van der Waals surface area contributed by atoms with Gasteiger partial charge >= 0.3 is 0 Å². The quantitative estimate of drug-likeness (QED) is 0.312. The second-order valence-corrected chi connectivity index (χ2v) is 14.0. The molecule has 0 saturated heterocycles. The number of nitrogens with one attached hydrogen (secondary N) is 1. The molecule has 0 unspecified atom stereocenters. The number of aromatic nitrogens is 1. The SMILES string of the molecule is COc1ccc(S(=O)(=O)Nc2ccc3c(c2)C(=O)N([C@H](C)CO)C[C@@H](C)[C@H](CN(C)Cc2ccncc2)OCCCC[C@H](C)O3)cc1. The van der Waals surface area contributed by atoms with Crippen LogP contribution in [0.2, 0.25) is 0 Å². The number of ether oxygens (including phenoxy) is 3. The molecule has 0 fully saturated rings. The molecule has 11 nitrogen and oxygen atoms in total. The Hall–Kier alpha value is -3.71. The predicted molar refractivity (Wildman–Crippen MR) is 181 cm³/mol. The Bertz CT molecular complexity index is 1540. The van der Waals surface area contributed by atoms with Gasteiger partial charge in [-0.3, -0.25) is 19.4 Å². The largest absolute Gasteiger partial charge is 0.497 e. The topological polar surface area (TPSA) is 131 Å². The third-order valence-corrected chi connectivity index (χ3v) is 9.76. The van der Waals surface area contributed by atoms with E-state index in [-0.39, 0.29) is 46.8 Å². The number of likely N-dealkylation sites (N-methyl/N-ethyl adjacent to an activating group) is 1. The smallest absolute Gasteiger partial charge is 0.261 e.